The average Bonchev–Trinajstić information content (AvgIpc) is 2.57. The molecule has 1 aliphatic rings. The molecular weight excluding hydrogens is 345 g/mol. The Morgan fingerprint density at radius 3 is 2.67 bits per heavy atom. The first kappa shape index (κ1) is 19.0. The van der Waals surface area contributed by atoms with Crippen molar-refractivity contribution in [2.45, 2.75) is 50.0 Å². The standard InChI is InChI=1S/C17H24FN3OS2/c1-12-4-2-3-5-15(12)19-17(23)21-20-16(22)10-11-24-14-8-6-13(18)7-9-14/h6-9,12,15H,2-5,10-11H2,1H3,(H,20,22)(H2,19,21,23)/t12-,15+/m1/s1. The van der Waals surface area contributed by atoms with Crippen molar-refractivity contribution in [2.75, 3.05) is 5.75 Å². The van der Waals surface area contributed by atoms with E-state index in [1.54, 1.807) is 12.1 Å². The van der Waals surface area contributed by atoms with Crippen molar-refractivity contribution < 1.29 is 9.18 Å². The Bertz CT molecular complexity index is 553. The van der Waals surface area contributed by atoms with E-state index < -0.39 is 0 Å². The fraction of sp³-hybridized carbons (Fsp3) is 0.529. The van der Waals surface area contributed by atoms with Gasteiger partial charge in [0.15, 0.2) is 5.11 Å². The van der Waals surface area contributed by atoms with Gasteiger partial charge in [-0.3, -0.25) is 15.6 Å². The number of thiocarbonyl (C=S) groups is 1. The zero-order valence-electron chi connectivity index (χ0n) is 13.8. The van der Waals surface area contributed by atoms with Crippen LogP contribution in [0.4, 0.5) is 4.39 Å². The van der Waals surface area contributed by atoms with Gasteiger partial charge in [-0.25, -0.2) is 4.39 Å². The Kier molecular flexibility index (Phi) is 7.78. The van der Waals surface area contributed by atoms with Gasteiger partial charge in [0, 0.05) is 23.1 Å². The summed E-state index contributed by atoms with van der Waals surface area (Å²) < 4.78 is 12.8. The Hall–Kier alpha value is -1.34. The average molecular weight is 370 g/mol. The van der Waals surface area contributed by atoms with E-state index >= 15 is 0 Å². The van der Waals surface area contributed by atoms with Crippen LogP contribution in [0, 0.1) is 11.7 Å². The molecule has 4 nitrogen and oxygen atoms in total. The molecule has 1 fully saturated rings. The maximum absolute atomic E-state index is 12.8. The van der Waals surface area contributed by atoms with Crippen LogP contribution < -0.4 is 16.2 Å². The number of carbonyl (C=O) groups excluding carboxylic acids is 1. The molecule has 7 heteroatoms. The lowest BCUT2D eigenvalue weighted by atomic mass is 9.86. The molecule has 0 saturated heterocycles. The highest BCUT2D eigenvalue weighted by molar-refractivity contribution is 7.99. The van der Waals surface area contributed by atoms with Crippen LogP contribution in [-0.2, 0) is 4.79 Å². The third kappa shape index (κ3) is 6.65. The summed E-state index contributed by atoms with van der Waals surface area (Å²) >= 11 is 6.75. The highest BCUT2D eigenvalue weighted by Crippen LogP contribution is 2.23. The molecule has 2 rings (SSSR count). The first-order chi connectivity index (χ1) is 11.5. The second-order valence-corrected chi connectivity index (χ2v) is 7.64. The van der Waals surface area contributed by atoms with Crippen molar-refractivity contribution in [3.63, 3.8) is 0 Å². The number of halogens is 1. The number of hydrogen-bond donors (Lipinski definition) is 3. The Labute approximate surface area is 152 Å². The predicted octanol–water partition coefficient (Wildman–Crippen LogP) is 3.38. The summed E-state index contributed by atoms with van der Waals surface area (Å²) in [6.45, 7) is 2.23. The minimum atomic E-state index is -0.255. The second kappa shape index (κ2) is 9.84. The maximum Gasteiger partial charge on any atom is 0.239 e. The molecule has 0 unspecified atom stereocenters. The van der Waals surface area contributed by atoms with Crippen LogP contribution in [-0.4, -0.2) is 22.8 Å². The van der Waals surface area contributed by atoms with Gasteiger partial charge in [0.1, 0.15) is 5.82 Å². The molecule has 1 aliphatic carbocycles. The van der Waals surface area contributed by atoms with Gasteiger partial charge in [-0.15, -0.1) is 11.8 Å². The van der Waals surface area contributed by atoms with Gasteiger partial charge in [0.2, 0.25) is 5.91 Å². The van der Waals surface area contributed by atoms with Crippen LogP contribution in [0.25, 0.3) is 0 Å². The SMILES string of the molecule is C[C@@H]1CCCC[C@@H]1NC(=S)NNC(=O)CCSc1ccc(F)cc1. The summed E-state index contributed by atoms with van der Waals surface area (Å²) in [4.78, 5) is 12.8. The molecule has 0 aliphatic heterocycles. The van der Waals surface area contributed by atoms with Gasteiger partial charge in [0.05, 0.1) is 0 Å². The molecule has 0 spiro atoms. The molecule has 1 aromatic carbocycles. The van der Waals surface area contributed by atoms with E-state index in [9.17, 15) is 9.18 Å². The van der Waals surface area contributed by atoms with Crippen molar-refractivity contribution in [2.24, 2.45) is 5.92 Å². The molecule has 1 amide bonds. The summed E-state index contributed by atoms with van der Waals surface area (Å²) in [5.41, 5.74) is 5.38. The number of thioether (sulfide) groups is 1. The first-order valence-electron chi connectivity index (χ1n) is 8.28. The zero-order valence-corrected chi connectivity index (χ0v) is 15.4. The third-order valence-corrected chi connectivity index (χ3v) is 5.39. The van der Waals surface area contributed by atoms with Gasteiger partial charge in [0.25, 0.3) is 0 Å². The number of amides is 1. The Morgan fingerprint density at radius 1 is 1.25 bits per heavy atom. The molecule has 0 bridgehead atoms. The normalized spacial score (nSPS) is 20.2. The van der Waals surface area contributed by atoms with E-state index in [4.69, 9.17) is 12.2 Å². The fourth-order valence-corrected chi connectivity index (χ4v) is 3.77. The highest BCUT2D eigenvalue weighted by atomic mass is 32.2. The Morgan fingerprint density at radius 2 is 1.96 bits per heavy atom. The first-order valence-corrected chi connectivity index (χ1v) is 9.67. The van der Waals surface area contributed by atoms with Crippen LogP contribution in [0.1, 0.15) is 39.0 Å². The molecule has 132 valence electrons. The molecular formula is C17H24FN3OS2. The quantitative estimate of drug-likeness (QED) is 0.422. The molecule has 0 radical (unpaired) electrons. The van der Waals surface area contributed by atoms with Gasteiger partial charge >= 0.3 is 0 Å². The van der Waals surface area contributed by atoms with E-state index in [-0.39, 0.29) is 11.7 Å². The second-order valence-electron chi connectivity index (χ2n) is 6.07. The molecule has 1 saturated carbocycles. The van der Waals surface area contributed by atoms with Crippen LogP contribution in [0.5, 0.6) is 0 Å². The van der Waals surface area contributed by atoms with Crippen LogP contribution in [0.2, 0.25) is 0 Å². The van der Waals surface area contributed by atoms with E-state index in [0.29, 0.717) is 29.2 Å². The van der Waals surface area contributed by atoms with Crippen molar-refractivity contribution in [1.29, 1.82) is 0 Å². The lowest BCUT2D eigenvalue weighted by Crippen LogP contribution is -2.51. The zero-order chi connectivity index (χ0) is 17.4. The minimum absolute atomic E-state index is 0.120. The largest absolute Gasteiger partial charge is 0.358 e. The number of hydrazine groups is 1. The fourth-order valence-electron chi connectivity index (χ4n) is 2.72. The van der Waals surface area contributed by atoms with Gasteiger partial charge in [-0.05, 0) is 55.2 Å². The summed E-state index contributed by atoms with van der Waals surface area (Å²) in [6.07, 6.45) is 5.19. The van der Waals surface area contributed by atoms with E-state index in [0.717, 1.165) is 11.3 Å². The van der Waals surface area contributed by atoms with Gasteiger partial charge in [-0.1, -0.05) is 19.8 Å². The lowest BCUT2D eigenvalue weighted by molar-refractivity contribution is -0.121. The van der Waals surface area contributed by atoms with Crippen molar-refractivity contribution in [1.82, 2.24) is 16.2 Å². The van der Waals surface area contributed by atoms with E-state index in [1.165, 1.54) is 43.2 Å². The third-order valence-electron chi connectivity index (χ3n) is 4.15. The predicted molar refractivity (Wildman–Crippen MR) is 100 cm³/mol. The number of carbonyl (C=O) groups is 1. The van der Waals surface area contributed by atoms with Gasteiger partial charge in [-0.2, -0.15) is 0 Å². The van der Waals surface area contributed by atoms with Gasteiger partial charge < -0.3 is 5.32 Å². The number of nitrogens with one attached hydrogen (secondary N) is 3. The van der Waals surface area contributed by atoms with Crippen LogP contribution >= 0.6 is 24.0 Å². The van der Waals surface area contributed by atoms with Crippen molar-refractivity contribution >= 4 is 35.0 Å². The smallest absolute Gasteiger partial charge is 0.239 e. The lowest BCUT2D eigenvalue weighted by Gasteiger charge is -2.30. The summed E-state index contributed by atoms with van der Waals surface area (Å²) in [5.74, 6) is 0.847. The maximum atomic E-state index is 12.8. The Balaban J connectivity index is 1.60. The van der Waals surface area contributed by atoms with E-state index in [1.807, 2.05) is 0 Å². The molecule has 1 aromatic rings. The molecule has 0 aromatic heterocycles. The summed E-state index contributed by atoms with van der Waals surface area (Å²) in [5, 5.41) is 3.74. The number of benzene rings is 1. The summed E-state index contributed by atoms with van der Waals surface area (Å²) in [6, 6.07) is 6.63. The molecule has 3 N–H and O–H groups in total. The molecule has 24 heavy (non-hydrogen) atoms. The van der Waals surface area contributed by atoms with E-state index in [2.05, 4.69) is 23.1 Å². The molecule has 2 atom stereocenters. The van der Waals surface area contributed by atoms with Crippen molar-refractivity contribution in [3.05, 3.63) is 30.1 Å². The molecule has 0 heterocycles. The topological polar surface area (TPSA) is 53.2 Å². The van der Waals surface area contributed by atoms with Crippen molar-refractivity contribution in [3.8, 4) is 0 Å². The minimum Gasteiger partial charge on any atom is -0.358 e. The van der Waals surface area contributed by atoms with Crippen LogP contribution in [0.3, 0.4) is 0 Å². The monoisotopic (exact) mass is 369 g/mol. The number of rotatable bonds is 5. The van der Waals surface area contributed by atoms with Crippen LogP contribution in [0.15, 0.2) is 29.2 Å². The number of hydrogen-bond acceptors (Lipinski definition) is 3. The highest BCUT2D eigenvalue weighted by Gasteiger charge is 2.21. The summed E-state index contributed by atoms with van der Waals surface area (Å²) in [7, 11) is 0.